The first kappa shape index (κ1) is 20.4. The van der Waals surface area contributed by atoms with Gasteiger partial charge in [-0.25, -0.2) is 0 Å². The maximum Gasteiger partial charge on any atom is 0.417 e. The fraction of sp³-hybridized carbons (Fsp3) is 0.333. The van der Waals surface area contributed by atoms with Gasteiger partial charge < -0.3 is 15.2 Å². The highest BCUT2D eigenvalue weighted by Crippen LogP contribution is 2.31. The van der Waals surface area contributed by atoms with Crippen LogP contribution in [-0.4, -0.2) is 28.9 Å². The summed E-state index contributed by atoms with van der Waals surface area (Å²) >= 11 is 0. The van der Waals surface area contributed by atoms with Gasteiger partial charge in [-0.15, -0.1) is 0 Å². The molecule has 1 saturated heterocycles. The molecule has 2 aromatic rings. The number of H-pyrrole nitrogens is 1. The molecule has 0 aliphatic carbocycles. The molecule has 0 atom stereocenters. The van der Waals surface area contributed by atoms with Gasteiger partial charge in [0.05, 0.1) is 21.7 Å². The Balaban J connectivity index is 1.98. The Morgan fingerprint density at radius 1 is 1.17 bits per heavy atom. The van der Waals surface area contributed by atoms with Crippen LogP contribution in [0, 0.1) is 10.1 Å². The number of amides is 1. The number of pyridine rings is 1. The number of benzene rings is 1. The van der Waals surface area contributed by atoms with Crippen LogP contribution in [0.4, 0.5) is 30.2 Å². The lowest BCUT2D eigenvalue weighted by molar-refractivity contribution is -0.384. The van der Waals surface area contributed by atoms with E-state index in [2.05, 4.69) is 5.32 Å². The van der Waals surface area contributed by atoms with Crippen molar-refractivity contribution in [2.45, 2.75) is 25.4 Å². The van der Waals surface area contributed by atoms with Crippen molar-refractivity contribution in [1.82, 2.24) is 4.98 Å². The molecule has 0 saturated carbocycles. The standard InChI is InChI=1S/C18H17F3N4O4/c19-18(20,21)11-8-14(17(27)22-10-11)23-16(26)13-9-12(25(28)29)4-5-15(13)24-6-2-1-3-7-24/h4-5,8-10H,1-3,6-7H2,(H,22,27)(H,23,26). The van der Waals surface area contributed by atoms with E-state index < -0.39 is 33.8 Å². The van der Waals surface area contributed by atoms with Crippen LogP contribution in [0.15, 0.2) is 35.3 Å². The predicted octanol–water partition coefficient (Wildman–Crippen LogP) is 3.54. The Morgan fingerprint density at radius 2 is 1.86 bits per heavy atom. The van der Waals surface area contributed by atoms with E-state index in [-0.39, 0.29) is 11.3 Å². The fourth-order valence-corrected chi connectivity index (χ4v) is 3.16. The number of rotatable bonds is 4. The third kappa shape index (κ3) is 4.55. The molecule has 1 fully saturated rings. The fourth-order valence-electron chi connectivity index (χ4n) is 3.16. The topological polar surface area (TPSA) is 108 Å². The molecule has 11 heteroatoms. The van der Waals surface area contributed by atoms with Gasteiger partial charge in [-0.2, -0.15) is 13.2 Å². The molecule has 0 bridgehead atoms. The molecule has 1 amide bonds. The van der Waals surface area contributed by atoms with E-state index in [0.717, 1.165) is 25.3 Å². The number of hydrogen-bond acceptors (Lipinski definition) is 5. The molecule has 1 aliphatic heterocycles. The smallest absolute Gasteiger partial charge is 0.371 e. The number of nitrogens with zero attached hydrogens (tertiary/aromatic N) is 2. The summed E-state index contributed by atoms with van der Waals surface area (Å²) < 4.78 is 38.7. The second-order valence-corrected chi connectivity index (χ2v) is 6.59. The van der Waals surface area contributed by atoms with Crippen LogP contribution in [0.3, 0.4) is 0 Å². The van der Waals surface area contributed by atoms with Crippen molar-refractivity contribution >= 4 is 23.0 Å². The van der Waals surface area contributed by atoms with E-state index in [1.165, 1.54) is 12.1 Å². The first-order valence-electron chi connectivity index (χ1n) is 8.81. The van der Waals surface area contributed by atoms with Crippen molar-refractivity contribution in [2.75, 3.05) is 23.3 Å². The molecule has 1 aromatic heterocycles. The molecule has 1 aliphatic rings. The molecule has 1 aromatic carbocycles. The zero-order valence-electron chi connectivity index (χ0n) is 15.1. The molecule has 0 unspecified atom stereocenters. The number of anilines is 2. The second-order valence-electron chi connectivity index (χ2n) is 6.59. The van der Waals surface area contributed by atoms with Crippen LogP contribution < -0.4 is 15.8 Å². The van der Waals surface area contributed by atoms with Gasteiger partial charge in [0.1, 0.15) is 5.69 Å². The van der Waals surface area contributed by atoms with E-state index in [1.54, 1.807) is 0 Å². The molecular weight excluding hydrogens is 393 g/mol. The zero-order chi connectivity index (χ0) is 21.2. The van der Waals surface area contributed by atoms with Crippen molar-refractivity contribution in [3.05, 3.63) is 62.1 Å². The van der Waals surface area contributed by atoms with Gasteiger partial charge in [-0.05, 0) is 31.4 Å². The lowest BCUT2D eigenvalue weighted by Gasteiger charge is -2.30. The van der Waals surface area contributed by atoms with Crippen molar-refractivity contribution in [3.8, 4) is 0 Å². The third-order valence-corrected chi connectivity index (χ3v) is 4.61. The Labute approximate surface area is 162 Å². The minimum atomic E-state index is -4.71. The lowest BCUT2D eigenvalue weighted by atomic mass is 10.1. The highest BCUT2D eigenvalue weighted by atomic mass is 19.4. The monoisotopic (exact) mass is 410 g/mol. The highest BCUT2D eigenvalue weighted by molar-refractivity contribution is 6.08. The quantitative estimate of drug-likeness (QED) is 0.592. The summed E-state index contributed by atoms with van der Waals surface area (Å²) in [6.45, 7) is 1.28. The van der Waals surface area contributed by atoms with Crippen molar-refractivity contribution in [3.63, 3.8) is 0 Å². The zero-order valence-corrected chi connectivity index (χ0v) is 15.1. The average Bonchev–Trinajstić information content (AvgIpc) is 2.69. The van der Waals surface area contributed by atoms with E-state index >= 15 is 0 Å². The predicted molar refractivity (Wildman–Crippen MR) is 99.2 cm³/mol. The number of aromatic amines is 1. The minimum absolute atomic E-state index is 0.0853. The van der Waals surface area contributed by atoms with Crippen LogP contribution in [0.2, 0.25) is 0 Å². The van der Waals surface area contributed by atoms with Crippen molar-refractivity contribution in [1.29, 1.82) is 0 Å². The number of carbonyl (C=O) groups is 1. The molecule has 3 rings (SSSR count). The summed E-state index contributed by atoms with van der Waals surface area (Å²) in [5, 5.41) is 13.3. The Kier molecular flexibility index (Phi) is 5.57. The molecule has 29 heavy (non-hydrogen) atoms. The number of carbonyl (C=O) groups excluding carboxylic acids is 1. The van der Waals surface area contributed by atoms with Crippen LogP contribution in [0.5, 0.6) is 0 Å². The second kappa shape index (κ2) is 7.94. The molecular formula is C18H17F3N4O4. The number of piperidine rings is 1. The molecule has 0 spiro atoms. The molecule has 2 N–H and O–H groups in total. The van der Waals surface area contributed by atoms with Crippen LogP contribution in [-0.2, 0) is 6.18 Å². The SMILES string of the molecule is O=C(Nc1cc(C(F)(F)F)c[nH]c1=O)c1cc([N+](=O)[O-])ccc1N1CCCCC1. The van der Waals surface area contributed by atoms with Gasteiger partial charge in [-0.1, -0.05) is 0 Å². The summed E-state index contributed by atoms with van der Waals surface area (Å²) in [5.74, 6) is -0.904. The number of nitro benzene ring substituents is 1. The molecule has 8 nitrogen and oxygen atoms in total. The van der Waals surface area contributed by atoms with Gasteiger partial charge in [0.2, 0.25) is 0 Å². The molecule has 0 radical (unpaired) electrons. The van der Waals surface area contributed by atoms with Crippen LogP contribution in [0.25, 0.3) is 0 Å². The van der Waals surface area contributed by atoms with Crippen molar-refractivity contribution in [2.24, 2.45) is 0 Å². The number of non-ortho nitro benzene ring substituents is 1. The Morgan fingerprint density at radius 3 is 2.48 bits per heavy atom. The van der Waals surface area contributed by atoms with E-state index in [4.69, 9.17) is 0 Å². The number of nitrogens with one attached hydrogen (secondary N) is 2. The third-order valence-electron chi connectivity index (χ3n) is 4.61. The molecule has 2 heterocycles. The summed E-state index contributed by atoms with van der Waals surface area (Å²) in [5.41, 5.74) is -2.65. The number of halogens is 3. The average molecular weight is 410 g/mol. The number of hydrogen-bond donors (Lipinski definition) is 2. The number of aromatic nitrogens is 1. The van der Waals surface area contributed by atoms with Crippen molar-refractivity contribution < 1.29 is 22.9 Å². The maximum atomic E-state index is 12.9. The minimum Gasteiger partial charge on any atom is -0.371 e. The summed E-state index contributed by atoms with van der Waals surface area (Å²) in [6, 6.07) is 4.28. The lowest BCUT2D eigenvalue weighted by Crippen LogP contribution is -2.31. The normalized spacial score (nSPS) is 14.5. The van der Waals surface area contributed by atoms with E-state index in [1.807, 2.05) is 9.88 Å². The largest absolute Gasteiger partial charge is 0.417 e. The van der Waals surface area contributed by atoms with Gasteiger partial charge in [0, 0.05) is 31.4 Å². The molecule has 154 valence electrons. The number of nitro groups is 1. The first-order valence-corrected chi connectivity index (χ1v) is 8.81. The van der Waals surface area contributed by atoms with Gasteiger partial charge in [0.25, 0.3) is 17.2 Å². The van der Waals surface area contributed by atoms with Gasteiger partial charge in [-0.3, -0.25) is 19.7 Å². The summed E-state index contributed by atoms with van der Waals surface area (Å²) in [7, 11) is 0. The first-order chi connectivity index (χ1) is 13.7. The van der Waals surface area contributed by atoms with E-state index in [9.17, 15) is 32.9 Å². The number of alkyl halides is 3. The Hall–Kier alpha value is -3.37. The van der Waals surface area contributed by atoms with Gasteiger partial charge in [0.15, 0.2) is 0 Å². The van der Waals surface area contributed by atoms with Crippen LogP contribution >= 0.6 is 0 Å². The van der Waals surface area contributed by atoms with Gasteiger partial charge >= 0.3 is 6.18 Å². The summed E-state index contributed by atoms with van der Waals surface area (Å²) in [4.78, 5) is 38.9. The van der Waals surface area contributed by atoms with Crippen LogP contribution in [0.1, 0.15) is 35.2 Å². The Bertz CT molecular complexity index is 997. The summed E-state index contributed by atoms with van der Waals surface area (Å²) in [6.07, 6.45) is -1.43. The van der Waals surface area contributed by atoms with E-state index in [0.29, 0.717) is 31.0 Å². The maximum absolute atomic E-state index is 12.9. The highest BCUT2D eigenvalue weighted by Gasteiger charge is 2.32.